The molecular weight excluding hydrogens is 274 g/mol. The van der Waals surface area contributed by atoms with Crippen LogP contribution in [0, 0.1) is 4.64 Å². The van der Waals surface area contributed by atoms with Crippen LogP contribution in [0.3, 0.4) is 0 Å². The summed E-state index contributed by atoms with van der Waals surface area (Å²) in [6.07, 6.45) is 2.69. The molecule has 2 aromatic heterocycles. The average molecular weight is 284 g/mol. The molecule has 2 rings (SSSR count). The molecule has 1 N–H and O–H groups in total. The number of nitrogens with zero attached hydrogens (tertiary/aromatic N) is 2. The van der Waals surface area contributed by atoms with Gasteiger partial charge in [0.15, 0.2) is 5.82 Å². The SMILES string of the molecule is CCc1cc(=S)n(-c2ccc(Br)cn2)[nH]1. The smallest absolute Gasteiger partial charge is 0.152 e. The number of halogens is 1. The first kappa shape index (κ1) is 10.6. The number of pyridine rings is 1. The minimum Gasteiger partial charge on any atom is -0.296 e. The summed E-state index contributed by atoms with van der Waals surface area (Å²) >= 11 is 8.58. The van der Waals surface area contributed by atoms with Crippen molar-refractivity contribution in [3.63, 3.8) is 0 Å². The van der Waals surface area contributed by atoms with Crippen LogP contribution < -0.4 is 0 Å². The Kier molecular flexibility index (Phi) is 3.02. The Morgan fingerprint density at radius 3 is 2.87 bits per heavy atom. The lowest BCUT2D eigenvalue weighted by atomic mass is 10.4. The molecule has 2 heterocycles. The topological polar surface area (TPSA) is 33.6 Å². The molecule has 0 atom stereocenters. The minimum absolute atomic E-state index is 0.752. The molecule has 3 nitrogen and oxygen atoms in total. The molecule has 15 heavy (non-hydrogen) atoms. The Hall–Kier alpha value is -0.940. The van der Waals surface area contributed by atoms with Crippen molar-refractivity contribution in [3.05, 3.63) is 39.2 Å². The van der Waals surface area contributed by atoms with Gasteiger partial charge in [0, 0.05) is 16.4 Å². The third-order valence-electron chi connectivity index (χ3n) is 2.10. The summed E-state index contributed by atoms with van der Waals surface area (Å²) in [6.45, 7) is 2.08. The first-order valence-corrected chi connectivity index (χ1v) is 5.83. The van der Waals surface area contributed by atoms with Crippen molar-refractivity contribution in [2.75, 3.05) is 0 Å². The summed E-state index contributed by atoms with van der Waals surface area (Å²) in [5.74, 6) is 0.808. The number of nitrogens with one attached hydrogen (secondary N) is 1. The molecule has 0 bridgehead atoms. The van der Waals surface area contributed by atoms with E-state index in [1.165, 1.54) is 0 Å². The Bertz CT molecular complexity index is 512. The third-order valence-corrected chi connectivity index (χ3v) is 2.86. The van der Waals surface area contributed by atoms with Crippen LogP contribution in [0.15, 0.2) is 28.9 Å². The minimum atomic E-state index is 0.752. The number of aromatic amines is 1. The average Bonchev–Trinajstić information content (AvgIpc) is 2.61. The number of hydrogen-bond donors (Lipinski definition) is 1. The van der Waals surface area contributed by atoms with E-state index in [1.54, 1.807) is 10.9 Å². The zero-order chi connectivity index (χ0) is 10.8. The lowest BCUT2D eigenvalue weighted by Gasteiger charge is -2.01. The van der Waals surface area contributed by atoms with Gasteiger partial charge in [0.1, 0.15) is 4.64 Å². The first-order chi connectivity index (χ1) is 7.20. The molecule has 78 valence electrons. The highest BCUT2D eigenvalue weighted by Crippen LogP contribution is 2.11. The van der Waals surface area contributed by atoms with Crippen LogP contribution >= 0.6 is 28.1 Å². The summed E-state index contributed by atoms with van der Waals surface area (Å²) in [5, 5.41) is 3.20. The van der Waals surface area contributed by atoms with Gasteiger partial charge in [-0.25, -0.2) is 9.67 Å². The maximum Gasteiger partial charge on any atom is 0.152 e. The Morgan fingerprint density at radius 2 is 2.33 bits per heavy atom. The fourth-order valence-corrected chi connectivity index (χ4v) is 1.81. The molecular formula is C10H10BrN3S. The number of H-pyrrole nitrogens is 1. The Labute approximate surface area is 101 Å². The van der Waals surface area contributed by atoms with Gasteiger partial charge in [-0.2, -0.15) is 0 Å². The zero-order valence-electron chi connectivity index (χ0n) is 8.20. The van der Waals surface area contributed by atoms with E-state index in [9.17, 15) is 0 Å². The second-order valence-electron chi connectivity index (χ2n) is 3.14. The van der Waals surface area contributed by atoms with Gasteiger partial charge >= 0.3 is 0 Å². The van der Waals surface area contributed by atoms with Crippen molar-refractivity contribution in [3.8, 4) is 5.82 Å². The normalized spacial score (nSPS) is 10.5. The summed E-state index contributed by atoms with van der Waals surface area (Å²) in [7, 11) is 0. The van der Waals surface area contributed by atoms with E-state index in [4.69, 9.17) is 12.2 Å². The highest BCUT2D eigenvalue weighted by Gasteiger charge is 2.01. The van der Waals surface area contributed by atoms with E-state index in [1.807, 2.05) is 18.2 Å². The molecule has 0 aliphatic carbocycles. The highest BCUT2D eigenvalue weighted by atomic mass is 79.9. The molecule has 0 amide bonds. The maximum absolute atomic E-state index is 5.23. The van der Waals surface area contributed by atoms with Crippen LogP contribution in [0.4, 0.5) is 0 Å². The van der Waals surface area contributed by atoms with Gasteiger partial charge in [0.05, 0.1) is 0 Å². The lowest BCUT2D eigenvalue weighted by Crippen LogP contribution is -1.99. The fourth-order valence-electron chi connectivity index (χ4n) is 1.30. The second kappa shape index (κ2) is 4.28. The second-order valence-corrected chi connectivity index (χ2v) is 4.48. The van der Waals surface area contributed by atoms with Gasteiger partial charge in [-0.05, 0) is 40.5 Å². The van der Waals surface area contributed by atoms with Crippen molar-refractivity contribution < 1.29 is 0 Å². The van der Waals surface area contributed by atoms with Gasteiger partial charge in [-0.15, -0.1) is 0 Å². The largest absolute Gasteiger partial charge is 0.296 e. The first-order valence-electron chi connectivity index (χ1n) is 4.63. The quantitative estimate of drug-likeness (QED) is 0.859. The van der Waals surface area contributed by atoms with Crippen LogP contribution in [0.2, 0.25) is 0 Å². The standard InChI is InChI=1S/C10H10BrN3S/c1-2-8-5-10(15)14(13-8)9-4-3-7(11)6-12-9/h3-6,13H,2H2,1H3. The third kappa shape index (κ3) is 2.18. The molecule has 0 radical (unpaired) electrons. The van der Waals surface area contributed by atoms with Crippen molar-refractivity contribution in [1.82, 2.24) is 14.8 Å². The lowest BCUT2D eigenvalue weighted by molar-refractivity contribution is 0.807. The van der Waals surface area contributed by atoms with Crippen LogP contribution in [0.5, 0.6) is 0 Å². The van der Waals surface area contributed by atoms with Crippen molar-refractivity contribution >= 4 is 28.1 Å². The van der Waals surface area contributed by atoms with Crippen LogP contribution in [-0.2, 0) is 6.42 Å². The van der Waals surface area contributed by atoms with E-state index in [2.05, 4.69) is 32.9 Å². The van der Waals surface area contributed by atoms with Crippen molar-refractivity contribution in [1.29, 1.82) is 0 Å². The maximum atomic E-state index is 5.23. The van der Waals surface area contributed by atoms with Crippen molar-refractivity contribution in [2.45, 2.75) is 13.3 Å². The van der Waals surface area contributed by atoms with Crippen LogP contribution in [0.25, 0.3) is 5.82 Å². The number of rotatable bonds is 2. The van der Waals surface area contributed by atoms with Gasteiger partial charge in [-0.1, -0.05) is 19.1 Å². The Morgan fingerprint density at radius 1 is 1.53 bits per heavy atom. The monoisotopic (exact) mass is 283 g/mol. The molecule has 0 fully saturated rings. The van der Waals surface area contributed by atoms with Crippen LogP contribution in [-0.4, -0.2) is 14.8 Å². The van der Waals surface area contributed by atoms with Crippen LogP contribution in [0.1, 0.15) is 12.6 Å². The molecule has 2 aromatic rings. The van der Waals surface area contributed by atoms with E-state index in [0.717, 1.165) is 27.0 Å². The number of hydrogen-bond acceptors (Lipinski definition) is 2. The molecule has 0 spiro atoms. The summed E-state index contributed by atoms with van der Waals surface area (Å²) < 4.78 is 3.52. The van der Waals surface area contributed by atoms with Gasteiger partial charge in [-0.3, -0.25) is 5.10 Å². The number of aryl methyl sites for hydroxylation is 1. The molecule has 0 aromatic carbocycles. The molecule has 0 unspecified atom stereocenters. The fraction of sp³-hybridized carbons (Fsp3) is 0.200. The molecule has 0 aliphatic heterocycles. The van der Waals surface area contributed by atoms with E-state index in [0.29, 0.717) is 0 Å². The van der Waals surface area contributed by atoms with Gasteiger partial charge in [0.25, 0.3) is 0 Å². The molecule has 0 aliphatic rings. The van der Waals surface area contributed by atoms with E-state index < -0.39 is 0 Å². The number of aromatic nitrogens is 3. The van der Waals surface area contributed by atoms with Gasteiger partial charge in [0.2, 0.25) is 0 Å². The summed E-state index contributed by atoms with van der Waals surface area (Å²) in [4.78, 5) is 4.28. The summed E-state index contributed by atoms with van der Waals surface area (Å²) in [5.41, 5.74) is 1.12. The van der Waals surface area contributed by atoms with E-state index in [-0.39, 0.29) is 0 Å². The predicted octanol–water partition coefficient (Wildman–Crippen LogP) is 3.25. The zero-order valence-corrected chi connectivity index (χ0v) is 10.6. The Balaban J connectivity index is 2.49. The highest BCUT2D eigenvalue weighted by molar-refractivity contribution is 9.10. The molecule has 0 saturated carbocycles. The van der Waals surface area contributed by atoms with Crippen molar-refractivity contribution in [2.24, 2.45) is 0 Å². The molecule has 0 saturated heterocycles. The van der Waals surface area contributed by atoms with E-state index >= 15 is 0 Å². The predicted molar refractivity (Wildman–Crippen MR) is 65.8 cm³/mol. The summed E-state index contributed by atoms with van der Waals surface area (Å²) in [6, 6.07) is 5.81. The molecule has 5 heteroatoms. The van der Waals surface area contributed by atoms with Gasteiger partial charge < -0.3 is 0 Å².